The van der Waals surface area contributed by atoms with E-state index in [4.69, 9.17) is 9.47 Å². The molecule has 0 spiro atoms. The summed E-state index contributed by atoms with van der Waals surface area (Å²) in [5, 5.41) is 3.14. The van der Waals surface area contributed by atoms with Crippen LogP contribution in [0.3, 0.4) is 0 Å². The van der Waals surface area contributed by atoms with Gasteiger partial charge in [-0.3, -0.25) is 4.79 Å². The number of benzene rings is 1. The van der Waals surface area contributed by atoms with E-state index in [-0.39, 0.29) is 17.9 Å². The molecule has 156 valence electrons. The number of nitrogens with zero attached hydrogens (tertiary/aromatic N) is 3. The number of hydrogen-bond acceptors (Lipinski definition) is 6. The number of aromatic nitrogens is 2. The molecule has 3 rings (SSSR count). The van der Waals surface area contributed by atoms with Gasteiger partial charge in [-0.1, -0.05) is 0 Å². The molecule has 1 aromatic carbocycles. The van der Waals surface area contributed by atoms with Crippen molar-refractivity contribution in [3.05, 3.63) is 41.2 Å². The van der Waals surface area contributed by atoms with E-state index in [1.807, 2.05) is 45.0 Å². The summed E-state index contributed by atoms with van der Waals surface area (Å²) in [5.41, 5.74) is 2.78. The Kier molecular flexibility index (Phi) is 6.56. The van der Waals surface area contributed by atoms with Gasteiger partial charge in [0.25, 0.3) is 0 Å². The SMILES string of the molecule is COc1ccc(OC)c([C@@H](C)NC(=O)[C@@H]2CCCN(c3nc(C)cc(C)n3)C2)c1. The second-order valence-corrected chi connectivity index (χ2v) is 7.57. The molecule has 0 saturated carbocycles. The molecule has 0 bridgehead atoms. The standard InChI is InChI=1S/C22H30N4O3/c1-14-11-15(2)24-22(23-14)26-10-6-7-17(13-26)21(27)25-16(3)19-12-18(28-4)8-9-20(19)29-5/h8-9,11-12,16-17H,6-7,10,13H2,1-5H3,(H,25,27)/t16-,17-/m1/s1. The molecule has 0 unspecified atom stereocenters. The van der Waals surface area contributed by atoms with Crippen molar-refractivity contribution in [3.8, 4) is 11.5 Å². The van der Waals surface area contributed by atoms with E-state index in [1.54, 1.807) is 14.2 Å². The van der Waals surface area contributed by atoms with Crippen LogP contribution in [0.5, 0.6) is 11.5 Å². The molecule has 1 aliphatic rings. The Morgan fingerprint density at radius 1 is 1.17 bits per heavy atom. The highest BCUT2D eigenvalue weighted by Gasteiger charge is 2.28. The molecule has 0 aliphatic carbocycles. The average Bonchev–Trinajstić information content (AvgIpc) is 2.72. The van der Waals surface area contributed by atoms with Crippen molar-refractivity contribution in [2.75, 3.05) is 32.2 Å². The summed E-state index contributed by atoms with van der Waals surface area (Å²) in [6, 6.07) is 7.37. The predicted octanol–water partition coefficient (Wildman–Crippen LogP) is 3.20. The van der Waals surface area contributed by atoms with Crippen LogP contribution in [0.15, 0.2) is 24.3 Å². The first-order valence-electron chi connectivity index (χ1n) is 10.0. The van der Waals surface area contributed by atoms with Crippen LogP contribution < -0.4 is 19.7 Å². The third-order valence-electron chi connectivity index (χ3n) is 5.31. The van der Waals surface area contributed by atoms with Crippen LogP contribution in [0.1, 0.15) is 42.8 Å². The summed E-state index contributed by atoms with van der Waals surface area (Å²) >= 11 is 0. The number of piperidine rings is 1. The summed E-state index contributed by atoms with van der Waals surface area (Å²) in [7, 11) is 3.25. The van der Waals surface area contributed by atoms with Crippen molar-refractivity contribution >= 4 is 11.9 Å². The van der Waals surface area contributed by atoms with E-state index in [1.165, 1.54) is 0 Å². The lowest BCUT2D eigenvalue weighted by atomic mass is 9.96. The molecule has 1 saturated heterocycles. The summed E-state index contributed by atoms with van der Waals surface area (Å²) in [6.45, 7) is 7.39. The number of aryl methyl sites for hydroxylation is 2. The lowest BCUT2D eigenvalue weighted by Crippen LogP contribution is -2.44. The fourth-order valence-electron chi connectivity index (χ4n) is 3.81. The summed E-state index contributed by atoms with van der Waals surface area (Å²) < 4.78 is 10.8. The van der Waals surface area contributed by atoms with E-state index in [0.29, 0.717) is 12.5 Å². The van der Waals surface area contributed by atoms with Crippen molar-refractivity contribution in [2.24, 2.45) is 5.92 Å². The molecule has 1 aliphatic heterocycles. The van der Waals surface area contributed by atoms with Gasteiger partial charge in [0.05, 0.1) is 26.2 Å². The van der Waals surface area contributed by atoms with Crippen LogP contribution in [0.2, 0.25) is 0 Å². The number of rotatable bonds is 6. The second-order valence-electron chi connectivity index (χ2n) is 7.57. The van der Waals surface area contributed by atoms with Gasteiger partial charge in [-0.15, -0.1) is 0 Å². The van der Waals surface area contributed by atoms with Crippen LogP contribution in [0, 0.1) is 19.8 Å². The highest BCUT2D eigenvalue weighted by Crippen LogP contribution is 2.30. The minimum absolute atomic E-state index is 0.0384. The lowest BCUT2D eigenvalue weighted by Gasteiger charge is -2.33. The number of ether oxygens (including phenoxy) is 2. The van der Waals surface area contributed by atoms with Gasteiger partial charge in [0.15, 0.2) is 0 Å². The molecular weight excluding hydrogens is 368 g/mol. The largest absolute Gasteiger partial charge is 0.497 e. The van der Waals surface area contributed by atoms with Crippen molar-refractivity contribution in [1.29, 1.82) is 0 Å². The molecular formula is C22H30N4O3. The van der Waals surface area contributed by atoms with Gasteiger partial charge in [-0.05, 0) is 57.9 Å². The monoisotopic (exact) mass is 398 g/mol. The topological polar surface area (TPSA) is 76.6 Å². The summed E-state index contributed by atoms with van der Waals surface area (Å²) in [4.78, 5) is 24.2. The Morgan fingerprint density at radius 2 is 1.90 bits per heavy atom. The number of nitrogens with one attached hydrogen (secondary N) is 1. The Morgan fingerprint density at radius 3 is 2.55 bits per heavy atom. The Hall–Kier alpha value is -2.83. The maximum Gasteiger partial charge on any atom is 0.225 e. The van der Waals surface area contributed by atoms with Crippen molar-refractivity contribution in [2.45, 2.75) is 39.7 Å². The molecule has 2 aromatic rings. The van der Waals surface area contributed by atoms with Gasteiger partial charge in [-0.2, -0.15) is 0 Å². The van der Waals surface area contributed by atoms with Gasteiger partial charge in [-0.25, -0.2) is 9.97 Å². The average molecular weight is 399 g/mol. The van der Waals surface area contributed by atoms with Gasteiger partial charge in [0.1, 0.15) is 11.5 Å². The second kappa shape index (κ2) is 9.11. The van der Waals surface area contributed by atoms with E-state index < -0.39 is 0 Å². The van der Waals surface area contributed by atoms with Crippen LogP contribution >= 0.6 is 0 Å². The lowest BCUT2D eigenvalue weighted by molar-refractivity contribution is -0.125. The molecule has 1 fully saturated rings. The van der Waals surface area contributed by atoms with Crippen molar-refractivity contribution in [1.82, 2.24) is 15.3 Å². The zero-order chi connectivity index (χ0) is 21.0. The van der Waals surface area contributed by atoms with E-state index in [2.05, 4.69) is 20.2 Å². The highest BCUT2D eigenvalue weighted by atomic mass is 16.5. The maximum atomic E-state index is 13.0. The van der Waals surface area contributed by atoms with E-state index in [9.17, 15) is 4.79 Å². The Balaban J connectivity index is 1.70. The number of hydrogen-bond donors (Lipinski definition) is 1. The normalized spacial score (nSPS) is 17.6. The highest BCUT2D eigenvalue weighted by molar-refractivity contribution is 5.80. The van der Waals surface area contributed by atoms with Crippen LogP contribution in [0.4, 0.5) is 5.95 Å². The van der Waals surface area contributed by atoms with Gasteiger partial charge in [0, 0.05) is 30.0 Å². The molecule has 2 atom stereocenters. The van der Waals surface area contributed by atoms with Crippen molar-refractivity contribution in [3.63, 3.8) is 0 Å². The number of carbonyl (C=O) groups is 1. The molecule has 1 amide bonds. The molecule has 1 N–H and O–H groups in total. The van der Waals surface area contributed by atoms with Gasteiger partial charge < -0.3 is 19.7 Å². The smallest absolute Gasteiger partial charge is 0.225 e. The summed E-state index contributed by atoms with van der Waals surface area (Å²) in [5.74, 6) is 2.11. The number of anilines is 1. The number of amides is 1. The predicted molar refractivity (Wildman–Crippen MR) is 113 cm³/mol. The van der Waals surface area contributed by atoms with Gasteiger partial charge >= 0.3 is 0 Å². The molecule has 0 radical (unpaired) electrons. The number of carbonyl (C=O) groups excluding carboxylic acids is 1. The fourth-order valence-corrected chi connectivity index (χ4v) is 3.81. The van der Waals surface area contributed by atoms with Crippen LogP contribution in [-0.4, -0.2) is 43.2 Å². The van der Waals surface area contributed by atoms with Crippen molar-refractivity contribution < 1.29 is 14.3 Å². The first kappa shape index (κ1) is 20.9. The van der Waals surface area contributed by atoms with E-state index >= 15 is 0 Å². The first-order valence-corrected chi connectivity index (χ1v) is 10.0. The third kappa shape index (κ3) is 4.96. The molecule has 2 heterocycles. The first-order chi connectivity index (χ1) is 13.9. The summed E-state index contributed by atoms with van der Waals surface area (Å²) in [6.07, 6.45) is 1.79. The molecule has 7 nitrogen and oxygen atoms in total. The quantitative estimate of drug-likeness (QED) is 0.805. The fraction of sp³-hybridized carbons (Fsp3) is 0.500. The number of methoxy groups -OCH3 is 2. The molecule has 1 aromatic heterocycles. The molecule has 29 heavy (non-hydrogen) atoms. The van der Waals surface area contributed by atoms with Crippen LogP contribution in [-0.2, 0) is 4.79 Å². The minimum atomic E-state index is -0.194. The third-order valence-corrected chi connectivity index (χ3v) is 5.31. The minimum Gasteiger partial charge on any atom is -0.497 e. The maximum absolute atomic E-state index is 13.0. The molecule has 7 heteroatoms. The van der Waals surface area contributed by atoms with Gasteiger partial charge in [0.2, 0.25) is 11.9 Å². The van der Waals surface area contributed by atoms with E-state index in [0.717, 1.165) is 47.8 Å². The van der Waals surface area contributed by atoms with Crippen LogP contribution in [0.25, 0.3) is 0 Å². The zero-order valence-corrected chi connectivity index (χ0v) is 17.9. The Labute approximate surface area is 172 Å². The Bertz CT molecular complexity index is 851. The zero-order valence-electron chi connectivity index (χ0n) is 17.9.